The Balaban J connectivity index is 1.70. The molecule has 0 spiro atoms. The molecule has 2 amide bonds. The van der Waals surface area contributed by atoms with Crippen LogP contribution in [0.15, 0.2) is 42.7 Å². The van der Waals surface area contributed by atoms with E-state index in [1.165, 1.54) is 11.1 Å². The van der Waals surface area contributed by atoms with Crippen LogP contribution in [0.2, 0.25) is 5.02 Å². The number of amides is 2. The van der Waals surface area contributed by atoms with Gasteiger partial charge in [-0.2, -0.15) is 5.10 Å². The predicted molar refractivity (Wildman–Crippen MR) is 105 cm³/mol. The third-order valence-corrected chi connectivity index (χ3v) is 4.37. The lowest BCUT2D eigenvalue weighted by Gasteiger charge is -2.17. The Morgan fingerprint density at radius 1 is 1.26 bits per heavy atom. The number of pyridine rings is 1. The van der Waals surface area contributed by atoms with Crippen LogP contribution in [0, 0.1) is 0 Å². The first-order valence-corrected chi connectivity index (χ1v) is 8.87. The van der Waals surface area contributed by atoms with Crippen LogP contribution in [-0.2, 0) is 4.79 Å². The molecule has 27 heavy (non-hydrogen) atoms. The quantitative estimate of drug-likeness (QED) is 0.730. The van der Waals surface area contributed by atoms with E-state index < -0.39 is 0 Å². The fraction of sp³-hybridized carbons (Fsp3) is 0.263. The van der Waals surface area contributed by atoms with Gasteiger partial charge in [0.25, 0.3) is 5.91 Å². The standard InChI is InChI=1S/C19H20ClN5O2/c1-12(2)25-18-13(10-22-25)8-14(9-21-18)19(27)24(3)11-17(26)23-16-7-5-4-6-15(16)20/h4-10,12H,11H2,1-3H3,(H,23,26). The van der Waals surface area contributed by atoms with Crippen LogP contribution in [-0.4, -0.2) is 45.1 Å². The molecule has 0 atom stereocenters. The zero-order valence-corrected chi connectivity index (χ0v) is 16.1. The second-order valence-corrected chi connectivity index (χ2v) is 6.92. The molecule has 0 aliphatic carbocycles. The van der Waals surface area contributed by atoms with Crippen LogP contribution in [0.1, 0.15) is 30.2 Å². The van der Waals surface area contributed by atoms with Gasteiger partial charge in [0.1, 0.15) is 0 Å². The monoisotopic (exact) mass is 385 g/mol. The number of rotatable bonds is 5. The smallest absolute Gasteiger partial charge is 0.255 e. The van der Waals surface area contributed by atoms with Crippen molar-refractivity contribution in [2.24, 2.45) is 0 Å². The van der Waals surface area contributed by atoms with Crippen molar-refractivity contribution in [1.82, 2.24) is 19.7 Å². The largest absolute Gasteiger partial charge is 0.332 e. The summed E-state index contributed by atoms with van der Waals surface area (Å²) in [4.78, 5) is 30.5. The van der Waals surface area contributed by atoms with Gasteiger partial charge in [0.15, 0.2) is 5.65 Å². The van der Waals surface area contributed by atoms with Gasteiger partial charge in [-0.25, -0.2) is 9.67 Å². The molecule has 0 aliphatic rings. The maximum absolute atomic E-state index is 12.6. The van der Waals surface area contributed by atoms with Crippen LogP contribution in [0.5, 0.6) is 0 Å². The van der Waals surface area contributed by atoms with Crippen molar-refractivity contribution >= 4 is 40.1 Å². The molecule has 1 N–H and O–H groups in total. The average molecular weight is 386 g/mol. The van der Waals surface area contributed by atoms with E-state index in [0.717, 1.165) is 11.0 Å². The van der Waals surface area contributed by atoms with Gasteiger partial charge >= 0.3 is 0 Å². The first kappa shape index (κ1) is 18.8. The van der Waals surface area contributed by atoms with Gasteiger partial charge in [0.2, 0.25) is 5.91 Å². The molecular weight excluding hydrogens is 366 g/mol. The minimum atomic E-state index is -0.333. The number of aromatic nitrogens is 3. The highest BCUT2D eigenvalue weighted by Crippen LogP contribution is 2.20. The van der Waals surface area contributed by atoms with Crippen molar-refractivity contribution < 1.29 is 9.59 Å². The Labute approximate surface area is 161 Å². The number of halogens is 1. The van der Waals surface area contributed by atoms with Crippen molar-refractivity contribution in [3.63, 3.8) is 0 Å². The summed E-state index contributed by atoms with van der Waals surface area (Å²) in [7, 11) is 1.57. The summed E-state index contributed by atoms with van der Waals surface area (Å²) in [5.41, 5.74) is 1.63. The van der Waals surface area contributed by atoms with E-state index in [0.29, 0.717) is 16.3 Å². The molecule has 0 radical (unpaired) electrons. The summed E-state index contributed by atoms with van der Waals surface area (Å²) in [5, 5.41) is 8.22. The molecule has 7 nitrogen and oxygen atoms in total. The van der Waals surface area contributed by atoms with Gasteiger partial charge < -0.3 is 10.2 Å². The minimum Gasteiger partial charge on any atom is -0.332 e. The molecule has 0 saturated heterocycles. The molecule has 0 aliphatic heterocycles. The van der Waals surface area contributed by atoms with Crippen molar-refractivity contribution in [2.75, 3.05) is 18.9 Å². The number of hydrogen-bond donors (Lipinski definition) is 1. The van der Waals surface area contributed by atoms with Gasteiger partial charge in [0.05, 0.1) is 29.0 Å². The first-order chi connectivity index (χ1) is 12.9. The number of carbonyl (C=O) groups is 2. The third kappa shape index (κ3) is 4.09. The van der Waals surface area contributed by atoms with Crippen LogP contribution < -0.4 is 5.32 Å². The minimum absolute atomic E-state index is 0.104. The zero-order chi connectivity index (χ0) is 19.6. The molecule has 0 unspecified atom stereocenters. The summed E-state index contributed by atoms with van der Waals surface area (Å²) in [5.74, 6) is -0.628. The molecule has 3 rings (SSSR count). The Morgan fingerprint density at radius 2 is 2.00 bits per heavy atom. The number of nitrogens with one attached hydrogen (secondary N) is 1. The number of benzene rings is 1. The van der Waals surface area contributed by atoms with Gasteiger partial charge in [-0.15, -0.1) is 0 Å². The maximum atomic E-state index is 12.6. The summed E-state index contributed by atoms with van der Waals surface area (Å²) in [6, 6.07) is 8.84. The van der Waals surface area contributed by atoms with E-state index in [-0.39, 0.29) is 24.4 Å². The summed E-state index contributed by atoms with van der Waals surface area (Å²) < 4.78 is 1.80. The topological polar surface area (TPSA) is 80.1 Å². The van der Waals surface area contributed by atoms with Gasteiger partial charge in [-0.05, 0) is 32.0 Å². The van der Waals surface area contributed by atoms with Crippen molar-refractivity contribution in [1.29, 1.82) is 0 Å². The first-order valence-electron chi connectivity index (χ1n) is 8.50. The lowest BCUT2D eigenvalue weighted by atomic mass is 10.2. The number of hydrogen-bond acceptors (Lipinski definition) is 4. The van der Waals surface area contributed by atoms with E-state index in [1.807, 2.05) is 13.8 Å². The second-order valence-electron chi connectivity index (χ2n) is 6.51. The van der Waals surface area contributed by atoms with Crippen molar-refractivity contribution in [2.45, 2.75) is 19.9 Å². The second kappa shape index (κ2) is 7.75. The molecule has 1 aromatic carbocycles. The lowest BCUT2D eigenvalue weighted by molar-refractivity contribution is -0.116. The summed E-state index contributed by atoms with van der Waals surface area (Å²) in [6.07, 6.45) is 3.19. The fourth-order valence-corrected chi connectivity index (χ4v) is 2.88. The van der Waals surface area contributed by atoms with E-state index in [1.54, 1.807) is 48.3 Å². The number of anilines is 1. The molecule has 0 fully saturated rings. The Hall–Kier alpha value is -2.93. The Bertz CT molecular complexity index is 999. The van der Waals surface area contributed by atoms with Crippen LogP contribution >= 0.6 is 11.6 Å². The molecule has 0 bridgehead atoms. The Morgan fingerprint density at radius 3 is 2.70 bits per heavy atom. The molecule has 8 heteroatoms. The van der Waals surface area contributed by atoms with E-state index in [2.05, 4.69) is 15.4 Å². The van der Waals surface area contributed by atoms with E-state index in [4.69, 9.17) is 11.6 Å². The lowest BCUT2D eigenvalue weighted by Crippen LogP contribution is -2.35. The average Bonchev–Trinajstić information content (AvgIpc) is 3.06. The highest BCUT2D eigenvalue weighted by molar-refractivity contribution is 6.33. The molecular formula is C19H20ClN5O2. The highest BCUT2D eigenvalue weighted by Gasteiger charge is 2.17. The molecule has 0 saturated carbocycles. The van der Waals surface area contributed by atoms with Gasteiger partial charge in [-0.3, -0.25) is 9.59 Å². The maximum Gasteiger partial charge on any atom is 0.255 e. The van der Waals surface area contributed by atoms with Crippen LogP contribution in [0.4, 0.5) is 5.69 Å². The third-order valence-electron chi connectivity index (χ3n) is 4.04. The van der Waals surface area contributed by atoms with Gasteiger partial charge in [0, 0.05) is 24.7 Å². The number of para-hydroxylation sites is 1. The SMILES string of the molecule is CC(C)n1ncc2cc(C(=O)N(C)CC(=O)Nc3ccccc3Cl)cnc21. The molecule has 140 valence electrons. The van der Waals surface area contributed by atoms with Crippen molar-refractivity contribution in [3.05, 3.63) is 53.3 Å². The molecule has 3 aromatic rings. The number of carbonyl (C=O) groups excluding carboxylic acids is 2. The molecule has 2 aromatic heterocycles. The van der Waals surface area contributed by atoms with Crippen molar-refractivity contribution in [3.8, 4) is 0 Å². The summed E-state index contributed by atoms with van der Waals surface area (Å²) in [6.45, 7) is 3.92. The van der Waals surface area contributed by atoms with Gasteiger partial charge in [-0.1, -0.05) is 23.7 Å². The molecule has 2 heterocycles. The van der Waals surface area contributed by atoms with E-state index >= 15 is 0 Å². The van der Waals surface area contributed by atoms with E-state index in [9.17, 15) is 9.59 Å². The zero-order valence-electron chi connectivity index (χ0n) is 15.3. The van der Waals surface area contributed by atoms with Crippen LogP contribution in [0.3, 0.4) is 0 Å². The highest BCUT2D eigenvalue weighted by atomic mass is 35.5. The number of nitrogens with zero attached hydrogens (tertiary/aromatic N) is 4. The Kier molecular flexibility index (Phi) is 5.41. The summed E-state index contributed by atoms with van der Waals surface area (Å²) >= 11 is 6.03. The number of fused-ring (bicyclic) bond motifs is 1. The number of likely N-dealkylation sites (N-methyl/N-ethyl adjacent to an activating group) is 1. The van der Waals surface area contributed by atoms with Crippen LogP contribution in [0.25, 0.3) is 11.0 Å². The normalized spacial score (nSPS) is 11.0. The predicted octanol–water partition coefficient (Wildman–Crippen LogP) is 3.38. The fourth-order valence-electron chi connectivity index (χ4n) is 2.69.